The average Bonchev–Trinajstić information content (AvgIpc) is 3.31. The molecular weight excluding hydrogens is 390 g/mol. The molecule has 0 saturated heterocycles. The number of alkyl halides is 2. The van der Waals surface area contributed by atoms with Crippen LogP contribution in [0.5, 0.6) is 5.75 Å². The zero-order valence-electron chi connectivity index (χ0n) is 17.1. The van der Waals surface area contributed by atoms with Gasteiger partial charge in [-0.3, -0.25) is 9.89 Å². The minimum atomic E-state index is -2.82. The molecule has 4 rings (SSSR count). The monoisotopic (exact) mass is 414 g/mol. The lowest BCUT2D eigenvalue weighted by atomic mass is 9.96. The van der Waals surface area contributed by atoms with Crippen molar-refractivity contribution in [2.24, 2.45) is 5.73 Å². The van der Waals surface area contributed by atoms with Crippen molar-refractivity contribution in [2.75, 3.05) is 7.11 Å². The van der Waals surface area contributed by atoms with E-state index < -0.39 is 12.0 Å². The number of carbonyl (C=O) groups is 1. The molecule has 0 aliphatic heterocycles. The van der Waals surface area contributed by atoms with Gasteiger partial charge >= 0.3 is 0 Å². The van der Waals surface area contributed by atoms with Crippen molar-refractivity contribution in [3.05, 3.63) is 58.3 Å². The second kappa shape index (κ2) is 7.36. The van der Waals surface area contributed by atoms with Crippen LogP contribution in [0.15, 0.2) is 30.5 Å². The van der Waals surface area contributed by atoms with Gasteiger partial charge in [0, 0.05) is 23.6 Å². The maximum Gasteiger partial charge on any atom is 0.273 e. The Kier molecular flexibility index (Phi) is 4.97. The third kappa shape index (κ3) is 3.21. The molecule has 1 aliphatic rings. The molecule has 0 fully saturated rings. The lowest BCUT2D eigenvalue weighted by Crippen LogP contribution is -2.28. The van der Waals surface area contributed by atoms with E-state index in [1.54, 1.807) is 38.4 Å². The molecule has 8 heteroatoms. The summed E-state index contributed by atoms with van der Waals surface area (Å²) in [5.74, 6) is -2.59. The highest BCUT2D eigenvalue weighted by atomic mass is 19.3. The van der Waals surface area contributed by atoms with Crippen LogP contribution in [0.2, 0.25) is 0 Å². The number of ether oxygens (including phenoxy) is 1. The summed E-state index contributed by atoms with van der Waals surface area (Å²) in [6.45, 7) is 3.60. The topological polar surface area (TPSA) is 93.0 Å². The Morgan fingerprint density at radius 3 is 2.80 bits per heavy atom. The summed E-state index contributed by atoms with van der Waals surface area (Å²) in [5, 5.41) is 10.5. The summed E-state index contributed by atoms with van der Waals surface area (Å²) < 4.78 is 33.7. The van der Waals surface area contributed by atoms with Gasteiger partial charge in [-0.25, -0.2) is 8.78 Å². The van der Waals surface area contributed by atoms with Gasteiger partial charge in [-0.05, 0) is 37.5 Å². The number of nitrogens with zero attached hydrogens (tertiary/aromatic N) is 1. The number of aromatic amines is 1. The maximum absolute atomic E-state index is 14.1. The van der Waals surface area contributed by atoms with E-state index >= 15 is 0 Å². The zero-order valence-corrected chi connectivity index (χ0v) is 17.1. The lowest BCUT2D eigenvalue weighted by Gasteiger charge is -2.20. The number of rotatable bonds is 5. The lowest BCUT2D eigenvalue weighted by molar-refractivity contribution is -0.00185. The predicted octanol–water partition coefficient (Wildman–Crippen LogP) is 4.12. The van der Waals surface area contributed by atoms with E-state index in [1.165, 1.54) is 6.07 Å². The number of nitrogens with two attached hydrogens (primary N) is 1. The molecule has 1 amide bonds. The first-order chi connectivity index (χ1) is 14.2. The van der Waals surface area contributed by atoms with E-state index in [9.17, 15) is 13.6 Å². The van der Waals surface area contributed by atoms with E-state index in [0.717, 1.165) is 0 Å². The molecule has 30 heavy (non-hydrogen) atoms. The van der Waals surface area contributed by atoms with Crippen LogP contribution in [-0.4, -0.2) is 23.2 Å². The van der Waals surface area contributed by atoms with E-state index in [4.69, 9.17) is 10.5 Å². The molecule has 1 heterocycles. The number of methoxy groups -OCH3 is 1. The standard InChI is InChI=1S/C22H24F2N4O2/c1-11(25)15-9-16(19-17(10-26-28-19)20(15)30-3)21(29)27-12(2)13-5-4-6-18-14(13)7-8-22(18,23)24/h4-6,9-12H,7-8,25H2,1-3H3,(H,26,28)(H,27,29). The fourth-order valence-electron chi connectivity index (χ4n) is 4.26. The second-order valence-electron chi connectivity index (χ2n) is 7.77. The highest BCUT2D eigenvalue weighted by Gasteiger charge is 2.40. The SMILES string of the molecule is COc1c(C(C)N)cc(C(=O)NC(C)c2cccc3c2CCC3(F)F)c2[nH]ncc12. The Hall–Kier alpha value is -3.00. The van der Waals surface area contributed by atoms with Crippen molar-refractivity contribution in [3.63, 3.8) is 0 Å². The van der Waals surface area contributed by atoms with Crippen LogP contribution in [0, 0.1) is 0 Å². The highest BCUT2D eigenvalue weighted by molar-refractivity contribution is 6.07. The van der Waals surface area contributed by atoms with Crippen LogP contribution in [0.25, 0.3) is 10.9 Å². The first kappa shape index (κ1) is 20.3. The summed E-state index contributed by atoms with van der Waals surface area (Å²) in [5.41, 5.74) is 9.06. The summed E-state index contributed by atoms with van der Waals surface area (Å²) in [6.07, 6.45) is 1.68. The minimum absolute atomic E-state index is 0.0562. The van der Waals surface area contributed by atoms with Gasteiger partial charge < -0.3 is 15.8 Å². The third-order valence-corrected chi connectivity index (χ3v) is 5.76. The number of H-pyrrole nitrogens is 1. The number of fused-ring (bicyclic) bond motifs is 2. The van der Waals surface area contributed by atoms with Crippen molar-refractivity contribution in [1.29, 1.82) is 0 Å². The first-order valence-electron chi connectivity index (χ1n) is 9.85. The van der Waals surface area contributed by atoms with Crippen molar-refractivity contribution in [3.8, 4) is 5.75 Å². The minimum Gasteiger partial charge on any atom is -0.496 e. The van der Waals surface area contributed by atoms with Crippen molar-refractivity contribution < 1.29 is 18.3 Å². The molecule has 6 nitrogen and oxygen atoms in total. The largest absolute Gasteiger partial charge is 0.496 e. The van der Waals surface area contributed by atoms with Crippen LogP contribution in [0.3, 0.4) is 0 Å². The smallest absolute Gasteiger partial charge is 0.273 e. The second-order valence-corrected chi connectivity index (χ2v) is 7.77. The van der Waals surface area contributed by atoms with Crippen LogP contribution < -0.4 is 15.8 Å². The average molecular weight is 414 g/mol. The summed E-state index contributed by atoms with van der Waals surface area (Å²) in [7, 11) is 1.54. The molecule has 4 N–H and O–H groups in total. The molecule has 0 bridgehead atoms. The van der Waals surface area contributed by atoms with Gasteiger partial charge in [0.1, 0.15) is 5.75 Å². The molecule has 1 aromatic heterocycles. The van der Waals surface area contributed by atoms with Crippen molar-refractivity contribution >= 4 is 16.8 Å². The van der Waals surface area contributed by atoms with Crippen molar-refractivity contribution in [2.45, 2.75) is 44.7 Å². The number of hydrogen-bond donors (Lipinski definition) is 3. The molecule has 2 unspecified atom stereocenters. The zero-order chi connectivity index (χ0) is 21.6. The fourth-order valence-corrected chi connectivity index (χ4v) is 4.26. The van der Waals surface area contributed by atoms with Gasteiger partial charge in [-0.15, -0.1) is 0 Å². The quantitative estimate of drug-likeness (QED) is 0.586. The number of amides is 1. The van der Waals surface area contributed by atoms with Gasteiger partial charge in [0.25, 0.3) is 11.8 Å². The van der Waals surface area contributed by atoms with Gasteiger partial charge in [-0.2, -0.15) is 5.10 Å². The van der Waals surface area contributed by atoms with E-state index in [0.29, 0.717) is 45.3 Å². The maximum atomic E-state index is 14.1. The Morgan fingerprint density at radius 1 is 1.33 bits per heavy atom. The number of aromatic nitrogens is 2. The number of hydrogen-bond acceptors (Lipinski definition) is 4. The van der Waals surface area contributed by atoms with Gasteiger partial charge in [0.15, 0.2) is 0 Å². The highest BCUT2D eigenvalue weighted by Crippen LogP contribution is 2.44. The number of benzene rings is 2. The molecule has 0 radical (unpaired) electrons. The normalized spacial score (nSPS) is 16.9. The van der Waals surface area contributed by atoms with Gasteiger partial charge in [-0.1, -0.05) is 18.2 Å². The van der Waals surface area contributed by atoms with Crippen LogP contribution >= 0.6 is 0 Å². The molecule has 0 spiro atoms. The van der Waals surface area contributed by atoms with Gasteiger partial charge in [0.2, 0.25) is 0 Å². The number of carbonyl (C=O) groups excluding carboxylic acids is 1. The summed E-state index contributed by atoms with van der Waals surface area (Å²) in [6, 6.07) is 5.76. The van der Waals surface area contributed by atoms with Crippen LogP contribution in [0.1, 0.15) is 65.0 Å². The molecule has 1 aliphatic carbocycles. The van der Waals surface area contributed by atoms with E-state index in [2.05, 4.69) is 15.5 Å². The molecule has 3 aromatic rings. The first-order valence-corrected chi connectivity index (χ1v) is 9.85. The predicted molar refractivity (Wildman–Crippen MR) is 110 cm³/mol. The summed E-state index contributed by atoms with van der Waals surface area (Å²) in [4.78, 5) is 13.2. The number of nitrogens with one attached hydrogen (secondary N) is 2. The third-order valence-electron chi connectivity index (χ3n) is 5.76. The van der Waals surface area contributed by atoms with E-state index in [-0.39, 0.29) is 23.9 Å². The number of halogens is 2. The molecular formula is C22H24F2N4O2. The Morgan fingerprint density at radius 2 is 2.10 bits per heavy atom. The summed E-state index contributed by atoms with van der Waals surface area (Å²) >= 11 is 0. The van der Waals surface area contributed by atoms with Gasteiger partial charge in [0.05, 0.1) is 35.8 Å². The molecule has 158 valence electrons. The van der Waals surface area contributed by atoms with Crippen LogP contribution in [-0.2, 0) is 12.3 Å². The van der Waals surface area contributed by atoms with Crippen molar-refractivity contribution in [1.82, 2.24) is 15.5 Å². The Balaban J connectivity index is 1.70. The molecule has 0 saturated carbocycles. The van der Waals surface area contributed by atoms with Crippen LogP contribution in [0.4, 0.5) is 8.78 Å². The Bertz CT molecular complexity index is 1120. The fraction of sp³-hybridized carbons (Fsp3) is 0.364. The molecule has 2 aromatic carbocycles. The van der Waals surface area contributed by atoms with E-state index in [1.807, 2.05) is 6.92 Å². The Labute approximate surface area is 172 Å². The molecule has 2 atom stereocenters.